The van der Waals surface area contributed by atoms with E-state index < -0.39 is 0 Å². The second-order valence-corrected chi connectivity index (χ2v) is 6.96. The average Bonchev–Trinajstić information content (AvgIpc) is 3.09. The summed E-state index contributed by atoms with van der Waals surface area (Å²) in [5.41, 5.74) is 0.502. The van der Waals surface area contributed by atoms with Gasteiger partial charge in [0.05, 0.1) is 18.2 Å². The molecule has 0 spiro atoms. The van der Waals surface area contributed by atoms with Crippen LogP contribution < -0.4 is 14.8 Å². The fourth-order valence-electron chi connectivity index (χ4n) is 3.28. The van der Waals surface area contributed by atoms with Gasteiger partial charge in [0.15, 0.2) is 11.5 Å². The SMILES string of the molecule is CCCCOc1c(Cl)cc(C(=O)NCC2CCCN2CC)cc1OCC. The Bertz CT molecular complexity index is 595. The minimum Gasteiger partial charge on any atom is -0.490 e. The number of ether oxygens (including phenoxy) is 2. The number of carbonyl (C=O) groups is 1. The van der Waals surface area contributed by atoms with Gasteiger partial charge in [0.2, 0.25) is 0 Å². The third-order valence-electron chi connectivity index (χ3n) is 4.72. The van der Waals surface area contributed by atoms with Crippen LogP contribution in [0.15, 0.2) is 12.1 Å². The Kier molecular flexibility index (Phi) is 8.52. The largest absolute Gasteiger partial charge is 0.490 e. The number of carbonyl (C=O) groups excluding carboxylic acids is 1. The third kappa shape index (κ3) is 5.52. The molecule has 0 radical (unpaired) electrons. The molecule has 0 bridgehead atoms. The normalized spacial score (nSPS) is 17.3. The van der Waals surface area contributed by atoms with Crippen LogP contribution in [-0.2, 0) is 0 Å². The molecule has 146 valence electrons. The molecule has 6 heteroatoms. The Balaban J connectivity index is 2.06. The molecule has 1 aromatic carbocycles. The fraction of sp³-hybridized carbons (Fsp3) is 0.650. The van der Waals surface area contributed by atoms with E-state index in [1.807, 2.05) is 6.92 Å². The van der Waals surface area contributed by atoms with Gasteiger partial charge >= 0.3 is 0 Å². The number of likely N-dealkylation sites (N-methyl/N-ethyl adjacent to an activating group) is 1. The number of benzene rings is 1. The van der Waals surface area contributed by atoms with Crippen LogP contribution in [-0.4, -0.2) is 49.7 Å². The van der Waals surface area contributed by atoms with Crippen LogP contribution in [0.2, 0.25) is 5.02 Å². The summed E-state index contributed by atoms with van der Waals surface area (Å²) in [6, 6.07) is 3.80. The van der Waals surface area contributed by atoms with Gasteiger partial charge in [-0.25, -0.2) is 0 Å². The van der Waals surface area contributed by atoms with Crippen LogP contribution in [0.3, 0.4) is 0 Å². The van der Waals surface area contributed by atoms with Crippen molar-refractivity contribution in [3.05, 3.63) is 22.7 Å². The van der Waals surface area contributed by atoms with Crippen molar-refractivity contribution >= 4 is 17.5 Å². The highest BCUT2D eigenvalue weighted by atomic mass is 35.5. The lowest BCUT2D eigenvalue weighted by Crippen LogP contribution is -2.40. The number of likely N-dealkylation sites (tertiary alicyclic amines) is 1. The molecule has 1 fully saturated rings. The summed E-state index contributed by atoms with van der Waals surface area (Å²) in [6.07, 6.45) is 4.30. The molecule has 1 aliphatic heterocycles. The number of amides is 1. The molecule has 0 aromatic heterocycles. The van der Waals surface area contributed by atoms with Gasteiger partial charge in [-0.05, 0) is 51.4 Å². The van der Waals surface area contributed by atoms with Crippen molar-refractivity contribution in [1.29, 1.82) is 0 Å². The quantitative estimate of drug-likeness (QED) is 0.618. The number of rotatable bonds is 10. The number of nitrogens with one attached hydrogen (secondary N) is 1. The molecule has 2 rings (SSSR count). The number of unbranched alkanes of at least 4 members (excludes halogenated alkanes) is 1. The van der Waals surface area contributed by atoms with E-state index >= 15 is 0 Å². The van der Waals surface area contributed by atoms with E-state index in [9.17, 15) is 4.79 Å². The van der Waals surface area contributed by atoms with Crippen molar-refractivity contribution in [2.45, 2.75) is 52.5 Å². The van der Waals surface area contributed by atoms with Gasteiger partial charge in [-0.2, -0.15) is 0 Å². The molecule has 1 unspecified atom stereocenters. The summed E-state index contributed by atoms with van der Waals surface area (Å²) in [5, 5.41) is 3.45. The van der Waals surface area contributed by atoms with Crippen LogP contribution in [0.5, 0.6) is 11.5 Å². The first-order chi connectivity index (χ1) is 12.6. The monoisotopic (exact) mass is 382 g/mol. The predicted octanol–water partition coefficient (Wildman–Crippen LogP) is 4.13. The summed E-state index contributed by atoms with van der Waals surface area (Å²) < 4.78 is 11.4. The van der Waals surface area contributed by atoms with Gasteiger partial charge in [-0.1, -0.05) is 31.9 Å². The smallest absolute Gasteiger partial charge is 0.251 e. The zero-order valence-corrected chi connectivity index (χ0v) is 16.9. The average molecular weight is 383 g/mol. The van der Waals surface area contributed by atoms with E-state index in [4.69, 9.17) is 21.1 Å². The molecule has 0 saturated carbocycles. The summed E-state index contributed by atoms with van der Waals surface area (Å²) in [7, 11) is 0. The Labute approximate surface area is 162 Å². The summed E-state index contributed by atoms with van der Waals surface area (Å²) >= 11 is 6.37. The van der Waals surface area contributed by atoms with E-state index in [1.54, 1.807) is 12.1 Å². The fourth-order valence-corrected chi connectivity index (χ4v) is 3.54. The first-order valence-corrected chi connectivity index (χ1v) is 10.1. The van der Waals surface area contributed by atoms with Crippen molar-refractivity contribution in [3.8, 4) is 11.5 Å². The van der Waals surface area contributed by atoms with E-state index in [0.717, 1.165) is 32.4 Å². The topological polar surface area (TPSA) is 50.8 Å². The lowest BCUT2D eigenvalue weighted by atomic mass is 10.1. The lowest BCUT2D eigenvalue weighted by molar-refractivity contribution is 0.0941. The van der Waals surface area contributed by atoms with E-state index in [-0.39, 0.29) is 5.91 Å². The van der Waals surface area contributed by atoms with Gasteiger partial charge in [-0.3, -0.25) is 9.69 Å². The molecule has 1 N–H and O–H groups in total. The maximum Gasteiger partial charge on any atom is 0.251 e. The molecule has 1 aromatic rings. The third-order valence-corrected chi connectivity index (χ3v) is 5.00. The van der Waals surface area contributed by atoms with Gasteiger partial charge in [0.1, 0.15) is 0 Å². The minimum absolute atomic E-state index is 0.129. The number of halogens is 1. The summed E-state index contributed by atoms with van der Waals surface area (Å²) in [4.78, 5) is 15.0. The highest BCUT2D eigenvalue weighted by Crippen LogP contribution is 2.37. The van der Waals surface area contributed by atoms with E-state index in [0.29, 0.717) is 47.9 Å². The molecule has 1 amide bonds. The second-order valence-electron chi connectivity index (χ2n) is 6.56. The van der Waals surface area contributed by atoms with Gasteiger partial charge < -0.3 is 14.8 Å². The molecule has 1 saturated heterocycles. The molecule has 0 aliphatic carbocycles. The molecule has 5 nitrogen and oxygen atoms in total. The highest BCUT2D eigenvalue weighted by Gasteiger charge is 2.24. The maximum atomic E-state index is 12.6. The van der Waals surface area contributed by atoms with Crippen LogP contribution in [0.1, 0.15) is 56.8 Å². The predicted molar refractivity (Wildman–Crippen MR) is 106 cm³/mol. The molecule has 1 aliphatic rings. The zero-order chi connectivity index (χ0) is 18.9. The molecule has 26 heavy (non-hydrogen) atoms. The first kappa shape index (κ1) is 20.8. The molecular formula is C20H31ClN2O3. The number of nitrogens with zero attached hydrogens (tertiary/aromatic N) is 1. The molecular weight excluding hydrogens is 352 g/mol. The zero-order valence-electron chi connectivity index (χ0n) is 16.1. The molecule has 1 atom stereocenters. The Morgan fingerprint density at radius 2 is 2.12 bits per heavy atom. The van der Waals surface area contributed by atoms with E-state index in [2.05, 4.69) is 24.1 Å². The standard InChI is InChI=1S/C20H31ClN2O3/c1-4-7-11-26-19-17(21)12-15(13-18(19)25-6-3)20(24)22-14-16-9-8-10-23(16)5-2/h12-13,16H,4-11,14H2,1-3H3,(H,22,24). The second kappa shape index (κ2) is 10.6. The van der Waals surface area contributed by atoms with Gasteiger partial charge in [0, 0.05) is 18.2 Å². The Morgan fingerprint density at radius 1 is 1.31 bits per heavy atom. The molecule has 1 heterocycles. The van der Waals surface area contributed by atoms with E-state index in [1.165, 1.54) is 6.42 Å². The Morgan fingerprint density at radius 3 is 2.81 bits per heavy atom. The van der Waals surface area contributed by atoms with Crippen LogP contribution >= 0.6 is 11.6 Å². The van der Waals surface area contributed by atoms with Crippen LogP contribution in [0.25, 0.3) is 0 Å². The van der Waals surface area contributed by atoms with Crippen LogP contribution in [0.4, 0.5) is 0 Å². The van der Waals surface area contributed by atoms with Crippen molar-refractivity contribution in [2.24, 2.45) is 0 Å². The first-order valence-electron chi connectivity index (χ1n) is 9.72. The summed E-state index contributed by atoms with van der Waals surface area (Å²) in [5.74, 6) is 0.916. The summed E-state index contributed by atoms with van der Waals surface area (Å²) in [6.45, 7) is 10.0. The highest BCUT2D eigenvalue weighted by molar-refractivity contribution is 6.32. The van der Waals surface area contributed by atoms with Crippen molar-refractivity contribution in [1.82, 2.24) is 10.2 Å². The van der Waals surface area contributed by atoms with Crippen molar-refractivity contribution in [2.75, 3.05) is 32.8 Å². The van der Waals surface area contributed by atoms with Gasteiger partial charge in [-0.15, -0.1) is 0 Å². The van der Waals surface area contributed by atoms with Gasteiger partial charge in [0.25, 0.3) is 5.91 Å². The number of hydrogen-bond donors (Lipinski definition) is 1. The minimum atomic E-state index is -0.129. The maximum absolute atomic E-state index is 12.6. The van der Waals surface area contributed by atoms with Crippen molar-refractivity contribution < 1.29 is 14.3 Å². The Hall–Kier alpha value is -1.46. The van der Waals surface area contributed by atoms with Crippen molar-refractivity contribution in [3.63, 3.8) is 0 Å². The number of hydrogen-bond acceptors (Lipinski definition) is 4. The lowest BCUT2D eigenvalue weighted by Gasteiger charge is -2.23. The van der Waals surface area contributed by atoms with Crippen LogP contribution in [0, 0.1) is 0 Å².